The van der Waals surface area contributed by atoms with E-state index in [0.29, 0.717) is 40.9 Å². The van der Waals surface area contributed by atoms with Gasteiger partial charge in [-0.1, -0.05) is 16.8 Å². The summed E-state index contributed by atoms with van der Waals surface area (Å²) in [6.45, 7) is 8.69. The van der Waals surface area contributed by atoms with Gasteiger partial charge in [-0.2, -0.15) is 5.10 Å². The minimum atomic E-state index is -0.246. The molecule has 1 aromatic carbocycles. The van der Waals surface area contributed by atoms with E-state index in [1.807, 2.05) is 31.5 Å². The van der Waals surface area contributed by atoms with E-state index in [0.717, 1.165) is 33.5 Å². The van der Waals surface area contributed by atoms with Crippen molar-refractivity contribution >= 4 is 34.4 Å². The average molecular weight is 496 g/mol. The summed E-state index contributed by atoms with van der Waals surface area (Å²) < 4.78 is 12.8. The summed E-state index contributed by atoms with van der Waals surface area (Å²) >= 11 is 6.72. The highest BCUT2D eigenvalue weighted by molar-refractivity contribution is 6.31. The summed E-state index contributed by atoms with van der Waals surface area (Å²) in [4.78, 5) is 23.1. The molecule has 10 nitrogen and oxygen atoms in total. The van der Waals surface area contributed by atoms with Crippen molar-refractivity contribution in [3.8, 4) is 5.75 Å². The Morgan fingerprint density at radius 3 is 2.69 bits per heavy atom. The Morgan fingerprint density at radius 1 is 1.29 bits per heavy atom. The number of nitrogen functional groups attached to an aromatic ring is 1. The van der Waals surface area contributed by atoms with Crippen molar-refractivity contribution in [1.82, 2.24) is 29.8 Å². The van der Waals surface area contributed by atoms with E-state index < -0.39 is 0 Å². The molecule has 1 saturated heterocycles. The number of aryl methyl sites for hydroxylation is 2. The van der Waals surface area contributed by atoms with Gasteiger partial charge in [0.25, 0.3) is 5.91 Å². The van der Waals surface area contributed by atoms with Crippen LogP contribution in [0.5, 0.6) is 5.75 Å². The van der Waals surface area contributed by atoms with E-state index in [4.69, 9.17) is 31.7 Å². The third-order valence-corrected chi connectivity index (χ3v) is 7.22. The summed E-state index contributed by atoms with van der Waals surface area (Å²) in [5.41, 5.74) is 10.8. The number of hydrogen-bond acceptors (Lipinski definition) is 8. The van der Waals surface area contributed by atoms with Gasteiger partial charge in [0.1, 0.15) is 29.2 Å². The topological polar surface area (TPSA) is 125 Å². The quantitative estimate of drug-likeness (QED) is 0.442. The third-order valence-electron chi connectivity index (χ3n) is 6.82. The van der Waals surface area contributed by atoms with Crippen LogP contribution in [0.25, 0.3) is 11.0 Å². The van der Waals surface area contributed by atoms with Crippen molar-refractivity contribution in [3.63, 3.8) is 0 Å². The molecule has 0 spiro atoms. The highest BCUT2D eigenvalue weighted by atomic mass is 35.5. The largest absolute Gasteiger partial charge is 0.496 e. The molecular formula is C24H26ClN7O3. The molecule has 0 aliphatic carbocycles. The first-order valence-electron chi connectivity index (χ1n) is 11.3. The lowest BCUT2D eigenvalue weighted by atomic mass is 9.85. The van der Waals surface area contributed by atoms with Crippen LogP contribution in [0.1, 0.15) is 57.4 Å². The second kappa shape index (κ2) is 8.53. The predicted molar refractivity (Wildman–Crippen MR) is 131 cm³/mol. The average Bonchev–Trinajstić information content (AvgIpc) is 3.38. The number of amides is 1. The fraction of sp³-hybridized carbons (Fsp3) is 0.375. The number of likely N-dealkylation sites (tertiary alicyclic amines) is 1. The summed E-state index contributed by atoms with van der Waals surface area (Å²) in [7, 11) is 1.65. The van der Waals surface area contributed by atoms with Gasteiger partial charge in [0.05, 0.1) is 30.4 Å². The molecule has 182 valence electrons. The lowest BCUT2D eigenvalue weighted by molar-refractivity contribution is 0.0597. The van der Waals surface area contributed by atoms with Crippen molar-refractivity contribution in [2.24, 2.45) is 0 Å². The van der Waals surface area contributed by atoms with Crippen LogP contribution in [0, 0.1) is 20.8 Å². The minimum absolute atomic E-state index is 0.0767. The third kappa shape index (κ3) is 3.59. The Hall–Kier alpha value is -3.66. The molecule has 2 N–H and O–H groups in total. The van der Waals surface area contributed by atoms with E-state index in [1.54, 1.807) is 18.9 Å². The van der Waals surface area contributed by atoms with Gasteiger partial charge in [-0.05, 0) is 39.3 Å². The number of aromatic nitrogens is 5. The monoisotopic (exact) mass is 495 g/mol. The lowest BCUT2D eigenvalue weighted by Gasteiger charge is -2.41. The molecule has 0 radical (unpaired) electrons. The zero-order chi connectivity index (χ0) is 25.0. The van der Waals surface area contributed by atoms with Crippen molar-refractivity contribution in [2.75, 3.05) is 25.9 Å². The number of benzene rings is 1. The summed E-state index contributed by atoms with van der Waals surface area (Å²) in [5.74, 6) is 1.62. The number of methoxy groups -OCH3 is 1. The van der Waals surface area contributed by atoms with Crippen LogP contribution in [-0.4, -0.2) is 55.9 Å². The first kappa shape index (κ1) is 23.1. The first-order chi connectivity index (χ1) is 16.7. The van der Waals surface area contributed by atoms with Crippen molar-refractivity contribution in [2.45, 2.75) is 39.7 Å². The molecule has 35 heavy (non-hydrogen) atoms. The maximum absolute atomic E-state index is 12.8. The van der Waals surface area contributed by atoms with Gasteiger partial charge in [0, 0.05) is 35.2 Å². The second-order valence-electron chi connectivity index (χ2n) is 8.89. The second-order valence-corrected chi connectivity index (χ2v) is 9.29. The molecule has 3 aromatic heterocycles. The number of halogens is 1. The number of carbonyl (C=O) groups excluding carboxylic acids is 1. The smallest absolute Gasteiger partial charge is 0.259 e. The van der Waals surface area contributed by atoms with Gasteiger partial charge >= 0.3 is 0 Å². The Morgan fingerprint density at radius 2 is 2.03 bits per heavy atom. The summed E-state index contributed by atoms with van der Waals surface area (Å²) in [6.07, 6.45) is 2.90. The standard InChI is InChI=1S/C24H26ClN7O3/c1-11-18(25)6-16(13(3)32-23-20(12(2)30-32)22(26)27-10-28-23)21(34-5)19(11)15-8-31(9-15)24(33)17-7-29-35-14(17)4/h6-7,10,13,15H,8-9H2,1-5H3,(H2,26,27,28). The first-order valence-corrected chi connectivity index (χ1v) is 11.6. The Balaban J connectivity index is 1.52. The fourth-order valence-electron chi connectivity index (χ4n) is 4.87. The van der Waals surface area contributed by atoms with Crippen LogP contribution in [0.4, 0.5) is 5.82 Å². The molecule has 5 rings (SSSR count). The van der Waals surface area contributed by atoms with Crippen LogP contribution in [0.2, 0.25) is 5.02 Å². The molecule has 1 aliphatic rings. The van der Waals surface area contributed by atoms with E-state index in [9.17, 15) is 4.79 Å². The van der Waals surface area contributed by atoms with Gasteiger partial charge in [-0.25, -0.2) is 14.6 Å². The van der Waals surface area contributed by atoms with Crippen LogP contribution >= 0.6 is 11.6 Å². The van der Waals surface area contributed by atoms with Gasteiger partial charge in [0.15, 0.2) is 5.65 Å². The molecule has 11 heteroatoms. The minimum Gasteiger partial charge on any atom is -0.496 e. The Kier molecular flexibility index (Phi) is 5.63. The van der Waals surface area contributed by atoms with Crippen molar-refractivity contribution in [3.05, 3.63) is 57.3 Å². The van der Waals surface area contributed by atoms with Gasteiger partial charge in [-0.3, -0.25) is 4.79 Å². The molecule has 4 heterocycles. The van der Waals surface area contributed by atoms with Crippen molar-refractivity contribution < 1.29 is 14.1 Å². The normalized spacial score (nSPS) is 14.9. The van der Waals surface area contributed by atoms with Crippen LogP contribution in [0.15, 0.2) is 23.1 Å². The number of nitrogens with zero attached hydrogens (tertiary/aromatic N) is 6. The number of rotatable bonds is 5. The van der Waals surface area contributed by atoms with E-state index >= 15 is 0 Å². The molecule has 1 unspecified atom stereocenters. The molecule has 1 amide bonds. The lowest BCUT2D eigenvalue weighted by Crippen LogP contribution is -2.48. The van der Waals surface area contributed by atoms with Gasteiger partial charge in [-0.15, -0.1) is 0 Å². The zero-order valence-corrected chi connectivity index (χ0v) is 20.9. The van der Waals surface area contributed by atoms with E-state index in [-0.39, 0.29) is 17.9 Å². The number of carbonyl (C=O) groups is 1. The van der Waals surface area contributed by atoms with Crippen LogP contribution < -0.4 is 10.5 Å². The number of fused-ring (bicyclic) bond motifs is 1. The maximum Gasteiger partial charge on any atom is 0.259 e. The Bertz CT molecular complexity index is 1460. The van der Waals surface area contributed by atoms with Gasteiger partial charge < -0.3 is 19.9 Å². The maximum atomic E-state index is 12.8. The van der Waals surface area contributed by atoms with Gasteiger partial charge in [0.2, 0.25) is 0 Å². The fourth-order valence-corrected chi connectivity index (χ4v) is 5.09. The molecule has 0 saturated carbocycles. The number of ether oxygens (including phenoxy) is 1. The molecule has 0 bridgehead atoms. The summed E-state index contributed by atoms with van der Waals surface area (Å²) in [6, 6.07) is 1.67. The van der Waals surface area contributed by atoms with Crippen LogP contribution in [-0.2, 0) is 0 Å². The van der Waals surface area contributed by atoms with E-state index in [1.165, 1.54) is 12.5 Å². The molecular weight excluding hydrogens is 470 g/mol. The highest BCUT2D eigenvalue weighted by Crippen LogP contribution is 2.44. The highest BCUT2D eigenvalue weighted by Gasteiger charge is 2.37. The van der Waals surface area contributed by atoms with Crippen LogP contribution in [0.3, 0.4) is 0 Å². The zero-order valence-electron chi connectivity index (χ0n) is 20.2. The Labute approximate surface area is 207 Å². The predicted octanol–water partition coefficient (Wildman–Crippen LogP) is 3.83. The SMILES string of the molecule is COc1c(C(C)n2nc(C)c3c(N)ncnc32)cc(Cl)c(C)c1C1CN(C(=O)c2cnoc2C)C1. The number of hydrogen-bond donors (Lipinski definition) is 1. The van der Waals surface area contributed by atoms with Crippen molar-refractivity contribution in [1.29, 1.82) is 0 Å². The van der Waals surface area contributed by atoms with E-state index in [2.05, 4.69) is 15.1 Å². The number of anilines is 1. The summed E-state index contributed by atoms with van der Waals surface area (Å²) in [5, 5.41) is 9.78. The molecule has 1 fully saturated rings. The number of nitrogens with two attached hydrogens (primary N) is 1. The molecule has 1 aliphatic heterocycles. The molecule has 1 atom stereocenters. The molecule has 4 aromatic rings.